The Kier molecular flexibility index (Phi) is 7.51. The van der Waals surface area contributed by atoms with Crippen molar-refractivity contribution < 1.29 is 18.9 Å². The molecule has 2 aromatic heterocycles. The number of anilines is 3. The number of aromatic hydroxyl groups is 1. The Morgan fingerprint density at radius 3 is 2.43 bits per heavy atom. The first-order chi connectivity index (χ1) is 17.5. The van der Waals surface area contributed by atoms with Crippen molar-refractivity contribution in [3.8, 4) is 5.75 Å². The van der Waals surface area contributed by atoms with Crippen molar-refractivity contribution in [2.75, 3.05) is 17.7 Å². The molecule has 1 amide bonds. The summed E-state index contributed by atoms with van der Waals surface area (Å²) in [6, 6.07) is 17.9. The summed E-state index contributed by atoms with van der Waals surface area (Å²) in [7, 11) is 1.68. The number of para-hydroxylation sites is 1. The van der Waals surface area contributed by atoms with Gasteiger partial charge in [0.15, 0.2) is 16.9 Å². The van der Waals surface area contributed by atoms with E-state index in [1.165, 1.54) is 4.90 Å². The van der Waals surface area contributed by atoms with Crippen LogP contribution in [-0.2, 0) is 6.54 Å². The number of furan rings is 1. The number of carbonyl (C=O) groups is 1. The number of aromatic nitrogens is 2. The van der Waals surface area contributed by atoms with Gasteiger partial charge in [-0.25, -0.2) is 0 Å². The Labute approximate surface area is 219 Å². The zero-order valence-electron chi connectivity index (χ0n) is 21.5. The molecule has 0 aliphatic rings. The van der Waals surface area contributed by atoms with Crippen LogP contribution in [0.15, 0.2) is 65.1 Å². The van der Waals surface area contributed by atoms with E-state index in [1.807, 2.05) is 70.2 Å². The van der Waals surface area contributed by atoms with Crippen LogP contribution < -0.4 is 10.6 Å². The maximum atomic E-state index is 13.1. The third-order valence-electron chi connectivity index (χ3n) is 5.88. The van der Waals surface area contributed by atoms with Gasteiger partial charge in [-0.2, -0.15) is 0 Å². The fourth-order valence-electron chi connectivity index (χ4n) is 3.98. The van der Waals surface area contributed by atoms with E-state index < -0.39 is 11.1 Å². The smallest absolute Gasteiger partial charge is 0.257 e. The molecule has 0 saturated carbocycles. The van der Waals surface area contributed by atoms with Gasteiger partial charge in [0.2, 0.25) is 11.6 Å². The maximum absolute atomic E-state index is 13.1. The van der Waals surface area contributed by atoms with Gasteiger partial charge in [0.25, 0.3) is 5.91 Å². The molecular weight excluding hydrogens is 490 g/mol. The molecule has 0 spiro atoms. The number of rotatable bonds is 8. The van der Waals surface area contributed by atoms with E-state index in [0.29, 0.717) is 12.3 Å². The molecule has 0 saturated heterocycles. The van der Waals surface area contributed by atoms with Crippen molar-refractivity contribution in [3.05, 3.63) is 83.3 Å². The van der Waals surface area contributed by atoms with Crippen molar-refractivity contribution in [1.29, 1.82) is 0 Å². The van der Waals surface area contributed by atoms with Crippen LogP contribution in [0.5, 0.6) is 5.75 Å². The number of nitrogens with zero attached hydrogens (tertiary/aromatic N) is 3. The number of benzene rings is 2. The number of hydrogen-bond donors (Lipinski definition) is 3. The summed E-state index contributed by atoms with van der Waals surface area (Å²) in [6.07, 6.45) is 0. The number of hydrogen-bond acceptors (Lipinski definition) is 8. The molecular formula is C27H31N5O4S. The first-order valence-corrected chi connectivity index (χ1v) is 12.9. The van der Waals surface area contributed by atoms with Crippen LogP contribution in [0.4, 0.5) is 17.3 Å². The number of carbonyl (C=O) groups excluding carboxylic acids is 1. The first kappa shape index (κ1) is 26.2. The van der Waals surface area contributed by atoms with Gasteiger partial charge in [0.05, 0.1) is 17.3 Å². The fourth-order valence-corrected chi connectivity index (χ4v) is 4.60. The molecule has 1 unspecified atom stereocenters. The Hall–Kier alpha value is -3.89. The lowest BCUT2D eigenvalue weighted by Gasteiger charge is -2.29. The van der Waals surface area contributed by atoms with Crippen LogP contribution in [0.25, 0.3) is 0 Å². The second-order valence-electron chi connectivity index (χ2n) is 9.98. The highest BCUT2D eigenvalue weighted by Crippen LogP contribution is 2.40. The molecule has 0 bridgehead atoms. The summed E-state index contributed by atoms with van der Waals surface area (Å²) in [5.74, 6) is 1.37. The van der Waals surface area contributed by atoms with Gasteiger partial charge in [0.1, 0.15) is 11.5 Å². The number of nitrogens with one attached hydrogen (secondary N) is 2. The molecule has 10 heteroatoms. The zero-order chi connectivity index (χ0) is 26.7. The maximum Gasteiger partial charge on any atom is 0.257 e. The topological polar surface area (TPSA) is 127 Å². The monoisotopic (exact) mass is 521 g/mol. The standard InChI is InChI=1S/C27H31N5O4S/c1-17-14-15-21(36-17)23(27(2,3)4)29-25-24(30-37(35)31-25)28-20-13-9-12-19(22(20)33)26(34)32(5)16-18-10-7-6-8-11-18/h6-15,23,33H,16H2,1-5H3,(H,28,30)(H,29,31)/t23-,37?/m0/s1. The van der Waals surface area contributed by atoms with Gasteiger partial charge in [-0.3, -0.25) is 4.79 Å². The van der Waals surface area contributed by atoms with E-state index in [-0.39, 0.29) is 46.0 Å². The van der Waals surface area contributed by atoms with Gasteiger partial charge in [-0.1, -0.05) is 57.2 Å². The van der Waals surface area contributed by atoms with E-state index in [2.05, 4.69) is 19.4 Å². The van der Waals surface area contributed by atoms with Crippen LogP contribution in [-0.4, -0.2) is 36.3 Å². The lowest BCUT2D eigenvalue weighted by Crippen LogP contribution is -2.26. The fraction of sp³-hybridized carbons (Fsp3) is 0.296. The SMILES string of the molecule is Cc1ccc([C@H](Nc2n[s+]([O-])nc2Nc2cccc(C(=O)N(C)Cc3ccccc3)c2O)C(C)(C)C)o1. The first-order valence-electron chi connectivity index (χ1n) is 11.8. The molecule has 4 rings (SSSR count). The number of amides is 1. The lowest BCUT2D eigenvalue weighted by molar-refractivity contribution is 0.0782. The molecule has 9 nitrogen and oxygen atoms in total. The van der Waals surface area contributed by atoms with Crippen molar-refractivity contribution in [1.82, 2.24) is 13.6 Å². The Bertz CT molecular complexity index is 1380. The minimum absolute atomic E-state index is 0.133. The predicted octanol–water partition coefficient (Wildman–Crippen LogP) is 6.03. The molecule has 2 aromatic carbocycles. The average Bonchev–Trinajstić information content (AvgIpc) is 3.42. The number of phenols is 1. The summed E-state index contributed by atoms with van der Waals surface area (Å²) >= 11 is -1.84. The molecule has 0 fully saturated rings. The largest absolute Gasteiger partial charge is 0.546 e. The summed E-state index contributed by atoms with van der Waals surface area (Å²) in [6.45, 7) is 8.40. The molecule has 4 aromatic rings. The van der Waals surface area contributed by atoms with Crippen LogP contribution in [0.3, 0.4) is 0 Å². The van der Waals surface area contributed by atoms with Crippen LogP contribution in [0.1, 0.15) is 54.3 Å². The van der Waals surface area contributed by atoms with Gasteiger partial charge in [-0.05, 0) is 42.2 Å². The van der Waals surface area contributed by atoms with Crippen LogP contribution in [0.2, 0.25) is 0 Å². The van der Waals surface area contributed by atoms with E-state index in [1.54, 1.807) is 25.2 Å². The summed E-state index contributed by atoms with van der Waals surface area (Å²) in [5, 5.41) is 17.3. The molecule has 2 heterocycles. The molecule has 0 radical (unpaired) electrons. The van der Waals surface area contributed by atoms with Gasteiger partial charge in [-0.15, -0.1) is 0 Å². The van der Waals surface area contributed by atoms with E-state index in [0.717, 1.165) is 11.3 Å². The molecule has 0 aliphatic carbocycles. The summed E-state index contributed by atoms with van der Waals surface area (Å²) in [4.78, 5) is 14.6. The Morgan fingerprint density at radius 2 is 1.78 bits per heavy atom. The highest BCUT2D eigenvalue weighted by Gasteiger charge is 2.32. The van der Waals surface area contributed by atoms with Crippen molar-refractivity contribution in [3.63, 3.8) is 0 Å². The molecule has 194 valence electrons. The minimum Gasteiger partial charge on any atom is -0.546 e. The second kappa shape index (κ2) is 10.6. The zero-order valence-corrected chi connectivity index (χ0v) is 22.3. The minimum atomic E-state index is -1.84. The number of aryl methyl sites for hydroxylation is 1. The Balaban J connectivity index is 1.58. The normalized spacial score (nSPS) is 12.8. The van der Waals surface area contributed by atoms with Gasteiger partial charge < -0.3 is 29.6 Å². The lowest BCUT2D eigenvalue weighted by atomic mass is 9.85. The number of phenolic OH excluding ortho intramolecular Hbond substituents is 1. The molecule has 0 aliphatic heterocycles. The van der Waals surface area contributed by atoms with Crippen molar-refractivity contribution >= 4 is 34.4 Å². The van der Waals surface area contributed by atoms with E-state index >= 15 is 0 Å². The third kappa shape index (κ3) is 6.10. The Morgan fingerprint density at radius 1 is 1.08 bits per heavy atom. The van der Waals surface area contributed by atoms with E-state index in [4.69, 9.17) is 4.42 Å². The highest BCUT2D eigenvalue weighted by atomic mass is 32.2. The third-order valence-corrected chi connectivity index (χ3v) is 6.56. The summed E-state index contributed by atoms with van der Waals surface area (Å²) in [5.41, 5.74) is 1.07. The average molecular weight is 522 g/mol. The van der Waals surface area contributed by atoms with Gasteiger partial charge in [0, 0.05) is 22.3 Å². The quantitative estimate of drug-likeness (QED) is 0.190. The van der Waals surface area contributed by atoms with Crippen molar-refractivity contribution in [2.24, 2.45) is 5.41 Å². The molecule has 2 atom stereocenters. The van der Waals surface area contributed by atoms with Crippen LogP contribution in [0, 0.1) is 12.3 Å². The second-order valence-corrected chi connectivity index (χ2v) is 10.8. The van der Waals surface area contributed by atoms with Gasteiger partial charge >= 0.3 is 0 Å². The van der Waals surface area contributed by atoms with Crippen molar-refractivity contribution in [2.45, 2.75) is 40.3 Å². The highest BCUT2D eigenvalue weighted by molar-refractivity contribution is 7.14. The van der Waals surface area contributed by atoms with Crippen LogP contribution >= 0.6 is 11.1 Å². The summed E-state index contributed by atoms with van der Waals surface area (Å²) < 4.78 is 26.3. The predicted molar refractivity (Wildman–Crippen MR) is 144 cm³/mol. The molecule has 3 N–H and O–H groups in total. The molecule has 37 heavy (non-hydrogen) atoms. The van der Waals surface area contributed by atoms with E-state index in [9.17, 15) is 14.5 Å².